The lowest BCUT2D eigenvalue weighted by atomic mass is 9.95. The maximum atomic E-state index is 12.6. The molecule has 0 spiro atoms. The second-order valence-electron chi connectivity index (χ2n) is 5.38. The van der Waals surface area contributed by atoms with Crippen molar-refractivity contribution in [1.29, 1.82) is 0 Å². The molecule has 0 saturated carbocycles. The number of nitrogens with zero attached hydrogens (tertiary/aromatic N) is 1. The highest BCUT2D eigenvalue weighted by atomic mass is 16.5. The number of methoxy groups -OCH3 is 1. The molecule has 21 heavy (non-hydrogen) atoms. The van der Waals surface area contributed by atoms with Gasteiger partial charge in [-0.2, -0.15) is 0 Å². The van der Waals surface area contributed by atoms with Gasteiger partial charge >= 0.3 is 5.97 Å². The third-order valence-electron chi connectivity index (χ3n) is 4.06. The van der Waals surface area contributed by atoms with E-state index in [1.807, 2.05) is 31.2 Å². The minimum Gasteiger partial charge on any atom is -0.497 e. The van der Waals surface area contributed by atoms with E-state index in [-0.39, 0.29) is 11.8 Å². The Morgan fingerprint density at radius 3 is 2.52 bits per heavy atom. The summed E-state index contributed by atoms with van der Waals surface area (Å²) in [5.74, 6) is -0.645. The Labute approximate surface area is 124 Å². The number of carboxylic acids is 1. The van der Waals surface area contributed by atoms with Gasteiger partial charge in [0.05, 0.1) is 13.0 Å². The molecule has 0 aliphatic carbocycles. The molecule has 1 aliphatic rings. The Balaban J connectivity index is 2.14. The third kappa shape index (κ3) is 3.35. The Kier molecular flexibility index (Phi) is 4.83. The Morgan fingerprint density at radius 1 is 1.29 bits per heavy atom. The van der Waals surface area contributed by atoms with E-state index in [2.05, 4.69) is 0 Å². The topological polar surface area (TPSA) is 66.8 Å². The lowest BCUT2D eigenvalue weighted by Gasteiger charge is -2.34. The molecule has 1 aromatic rings. The van der Waals surface area contributed by atoms with Crippen molar-refractivity contribution >= 4 is 11.9 Å². The normalized spacial score (nSPS) is 19.9. The number of carbonyl (C=O) groups is 2. The van der Waals surface area contributed by atoms with E-state index in [1.54, 1.807) is 7.11 Å². The molecule has 1 saturated heterocycles. The van der Waals surface area contributed by atoms with Gasteiger partial charge in [0.25, 0.3) is 0 Å². The molecule has 1 N–H and O–H groups in total. The number of carbonyl (C=O) groups excluding carboxylic acids is 1. The number of amides is 1. The minimum atomic E-state index is -0.912. The maximum absolute atomic E-state index is 12.6. The Morgan fingerprint density at radius 2 is 1.95 bits per heavy atom. The molecule has 1 aromatic carbocycles. The second kappa shape index (κ2) is 6.61. The number of hydrogen-bond acceptors (Lipinski definition) is 3. The Hall–Kier alpha value is -2.04. The van der Waals surface area contributed by atoms with Crippen molar-refractivity contribution in [3.63, 3.8) is 0 Å². The van der Waals surface area contributed by atoms with Gasteiger partial charge in [-0.05, 0) is 43.9 Å². The highest BCUT2D eigenvalue weighted by molar-refractivity contribution is 5.88. The van der Waals surface area contributed by atoms with Crippen LogP contribution in [0.25, 0.3) is 0 Å². The lowest BCUT2D eigenvalue weighted by Crippen LogP contribution is -2.49. The van der Waals surface area contributed by atoms with E-state index in [1.165, 1.54) is 4.90 Å². The average Bonchev–Trinajstić information content (AvgIpc) is 2.53. The first-order valence-electron chi connectivity index (χ1n) is 7.22. The minimum absolute atomic E-state index is 0.118. The molecule has 5 heteroatoms. The van der Waals surface area contributed by atoms with Crippen molar-refractivity contribution in [2.24, 2.45) is 0 Å². The van der Waals surface area contributed by atoms with E-state index in [0.717, 1.165) is 24.2 Å². The standard InChI is InChI=1S/C16H21NO4/c1-11(12-6-8-13(21-2)9-7-12)15(18)17-10-4-3-5-14(17)16(19)20/h6-9,11,14H,3-5,10H2,1-2H3,(H,19,20)/t11-,14+/m0/s1. The maximum Gasteiger partial charge on any atom is 0.326 e. The third-order valence-corrected chi connectivity index (χ3v) is 4.06. The molecule has 114 valence electrons. The fourth-order valence-electron chi connectivity index (χ4n) is 2.74. The molecule has 2 rings (SSSR count). The zero-order valence-electron chi connectivity index (χ0n) is 12.4. The van der Waals surface area contributed by atoms with Crippen molar-refractivity contribution in [1.82, 2.24) is 4.90 Å². The van der Waals surface area contributed by atoms with Crippen molar-refractivity contribution < 1.29 is 19.4 Å². The van der Waals surface area contributed by atoms with Gasteiger partial charge in [0.15, 0.2) is 0 Å². The van der Waals surface area contributed by atoms with Crippen LogP contribution in [-0.4, -0.2) is 41.6 Å². The van der Waals surface area contributed by atoms with Crippen LogP contribution in [0.1, 0.15) is 37.7 Å². The Bertz CT molecular complexity index is 512. The number of carboxylic acid groups (broad SMARTS) is 1. The summed E-state index contributed by atoms with van der Waals surface area (Å²) in [6.07, 6.45) is 2.26. The fourth-order valence-corrected chi connectivity index (χ4v) is 2.74. The number of likely N-dealkylation sites (tertiary alicyclic amines) is 1. The van der Waals surface area contributed by atoms with Crippen molar-refractivity contribution in [2.75, 3.05) is 13.7 Å². The first kappa shape index (κ1) is 15.4. The summed E-state index contributed by atoms with van der Waals surface area (Å²) in [5, 5.41) is 9.27. The summed E-state index contributed by atoms with van der Waals surface area (Å²) in [7, 11) is 1.59. The average molecular weight is 291 g/mol. The molecule has 1 heterocycles. The van der Waals surface area contributed by atoms with Gasteiger partial charge in [0.1, 0.15) is 11.8 Å². The van der Waals surface area contributed by atoms with Gasteiger partial charge in [0, 0.05) is 6.54 Å². The molecule has 2 atom stereocenters. The lowest BCUT2D eigenvalue weighted by molar-refractivity contribution is -0.152. The van der Waals surface area contributed by atoms with Gasteiger partial charge < -0.3 is 14.7 Å². The quantitative estimate of drug-likeness (QED) is 0.924. The summed E-state index contributed by atoms with van der Waals surface area (Å²) in [4.78, 5) is 25.4. The van der Waals surface area contributed by atoms with Crippen LogP contribution in [0.5, 0.6) is 5.75 Å². The van der Waals surface area contributed by atoms with E-state index in [9.17, 15) is 14.7 Å². The predicted molar refractivity (Wildman–Crippen MR) is 78.4 cm³/mol. The molecule has 1 fully saturated rings. The van der Waals surface area contributed by atoms with Crippen molar-refractivity contribution in [2.45, 2.75) is 38.1 Å². The highest BCUT2D eigenvalue weighted by Crippen LogP contribution is 2.25. The summed E-state index contributed by atoms with van der Waals surface area (Å²) < 4.78 is 5.10. The molecular formula is C16H21NO4. The second-order valence-corrected chi connectivity index (χ2v) is 5.38. The van der Waals surface area contributed by atoms with E-state index < -0.39 is 12.0 Å². The molecular weight excluding hydrogens is 270 g/mol. The van der Waals surface area contributed by atoms with E-state index >= 15 is 0 Å². The predicted octanol–water partition coefficient (Wildman–Crippen LogP) is 2.26. The van der Waals surface area contributed by atoms with Crippen LogP contribution in [0.15, 0.2) is 24.3 Å². The molecule has 0 bridgehead atoms. The molecule has 0 radical (unpaired) electrons. The highest BCUT2D eigenvalue weighted by Gasteiger charge is 2.34. The number of rotatable bonds is 4. The zero-order chi connectivity index (χ0) is 15.4. The largest absolute Gasteiger partial charge is 0.497 e. The molecule has 0 unspecified atom stereocenters. The molecule has 1 amide bonds. The van der Waals surface area contributed by atoms with Crippen LogP contribution in [0.2, 0.25) is 0 Å². The molecule has 0 aromatic heterocycles. The van der Waals surface area contributed by atoms with Crippen LogP contribution in [0.4, 0.5) is 0 Å². The van der Waals surface area contributed by atoms with Crippen LogP contribution in [0.3, 0.4) is 0 Å². The van der Waals surface area contributed by atoms with Gasteiger partial charge in [0.2, 0.25) is 5.91 Å². The number of ether oxygens (including phenoxy) is 1. The summed E-state index contributed by atoms with van der Waals surface area (Å²) in [6.45, 7) is 2.34. The van der Waals surface area contributed by atoms with Gasteiger partial charge in [-0.3, -0.25) is 4.79 Å². The zero-order valence-corrected chi connectivity index (χ0v) is 12.4. The number of hydrogen-bond donors (Lipinski definition) is 1. The fraction of sp³-hybridized carbons (Fsp3) is 0.500. The summed E-state index contributed by atoms with van der Waals surface area (Å²) in [5.41, 5.74) is 0.871. The van der Waals surface area contributed by atoms with Crippen LogP contribution in [-0.2, 0) is 9.59 Å². The van der Waals surface area contributed by atoms with Crippen LogP contribution >= 0.6 is 0 Å². The van der Waals surface area contributed by atoms with Crippen LogP contribution < -0.4 is 4.74 Å². The smallest absolute Gasteiger partial charge is 0.326 e. The number of piperidine rings is 1. The first-order valence-corrected chi connectivity index (χ1v) is 7.22. The van der Waals surface area contributed by atoms with E-state index in [0.29, 0.717) is 13.0 Å². The molecule has 5 nitrogen and oxygen atoms in total. The SMILES string of the molecule is COc1ccc([C@H](C)C(=O)N2CCCC[C@@H]2C(=O)O)cc1. The number of benzene rings is 1. The van der Waals surface area contributed by atoms with Crippen LogP contribution in [0, 0.1) is 0 Å². The van der Waals surface area contributed by atoms with Gasteiger partial charge in [-0.1, -0.05) is 12.1 Å². The summed E-state index contributed by atoms with van der Waals surface area (Å²) in [6, 6.07) is 6.63. The van der Waals surface area contributed by atoms with Crippen molar-refractivity contribution in [3.05, 3.63) is 29.8 Å². The van der Waals surface area contributed by atoms with Crippen molar-refractivity contribution in [3.8, 4) is 5.75 Å². The number of aliphatic carboxylic acids is 1. The molecule has 1 aliphatic heterocycles. The summed E-state index contributed by atoms with van der Waals surface area (Å²) >= 11 is 0. The monoisotopic (exact) mass is 291 g/mol. The van der Waals surface area contributed by atoms with E-state index in [4.69, 9.17) is 4.74 Å². The first-order chi connectivity index (χ1) is 10.0. The van der Waals surface area contributed by atoms with Gasteiger partial charge in [-0.15, -0.1) is 0 Å². The van der Waals surface area contributed by atoms with Gasteiger partial charge in [-0.25, -0.2) is 4.79 Å².